The summed E-state index contributed by atoms with van der Waals surface area (Å²) in [6, 6.07) is 44.8. The third-order valence-electron chi connectivity index (χ3n) is 10.4. The van der Waals surface area contributed by atoms with E-state index in [0.717, 1.165) is 72.9 Å². The molecule has 7 nitrogen and oxygen atoms in total. The molecule has 272 valence electrons. The van der Waals surface area contributed by atoms with Gasteiger partial charge in [-0.15, -0.1) is 0 Å². The van der Waals surface area contributed by atoms with Gasteiger partial charge in [-0.25, -0.2) is 20.0 Å². The van der Waals surface area contributed by atoms with E-state index < -0.39 is 0 Å². The number of nitrogens with two attached hydrogens (primary N) is 1. The molecule has 3 aliphatic rings. The molecule has 4 N–H and O–H groups in total. The largest absolute Gasteiger partial charge is 0.381 e. The predicted octanol–water partition coefficient (Wildman–Crippen LogP) is 9.58. The van der Waals surface area contributed by atoms with Crippen molar-refractivity contribution in [3.63, 3.8) is 0 Å². The van der Waals surface area contributed by atoms with Gasteiger partial charge in [0, 0.05) is 34.1 Å². The molecule has 0 fully saturated rings. The fourth-order valence-corrected chi connectivity index (χ4v) is 7.37. The van der Waals surface area contributed by atoms with Gasteiger partial charge < -0.3 is 16.4 Å². The smallest absolute Gasteiger partial charge is 0.159 e. The van der Waals surface area contributed by atoms with Crippen LogP contribution in [0.2, 0.25) is 0 Å². The SMILES string of the molecule is Cc1cc(C)nc(-c2ccc(C3=NC(c4ccc(-c5ccc(C6=CC=C[C@@H]6N)cc5)cc4)NC(c4ccc(-c5ccc(C6C=CC=CN6)cc5)cc4)=N3)cc2)n1. The zero-order chi connectivity index (χ0) is 38.0. The van der Waals surface area contributed by atoms with E-state index in [1.807, 2.05) is 56.5 Å². The van der Waals surface area contributed by atoms with Crippen LogP contribution in [0.25, 0.3) is 39.2 Å². The summed E-state index contributed by atoms with van der Waals surface area (Å²) in [5.74, 6) is 2.13. The van der Waals surface area contributed by atoms with Gasteiger partial charge in [0.25, 0.3) is 0 Å². The molecule has 7 heteroatoms. The molecule has 9 rings (SSSR count). The maximum Gasteiger partial charge on any atom is 0.159 e. The van der Waals surface area contributed by atoms with E-state index in [0.29, 0.717) is 11.7 Å². The Morgan fingerprint density at radius 2 is 1.07 bits per heavy atom. The zero-order valence-corrected chi connectivity index (χ0v) is 31.3. The van der Waals surface area contributed by atoms with Crippen molar-refractivity contribution in [3.05, 3.63) is 209 Å². The van der Waals surface area contributed by atoms with Gasteiger partial charge in [-0.2, -0.15) is 0 Å². The number of amidine groups is 2. The van der Waals surface area contributed by atoms with Crippen molar-refractivity contribution in [2.24, 2.45) is 15.7 Å². The molecule has 0 spiro atoms. The normalized spacial score (nSPS) is 18.5. The minimum Gasteiger partial charge on any atom is -0.381 e. The molecule has 56 heavy (non-hydrogen) atoms. The maximum atomic E-state index is 6.25. The molecule has 2 aliphatic heterocycles. The summed E-state index contributed by atoms with van der Waals surface area (Å²) in [4.78, 5) is 19.6. The van der Waals surface area contributed by atoms with Crippen LogP contribution in [0.3, 0.4) is 0 Å². The Hall–Kier alpha value is -6.96. The van der Waals surface area contributed by atoms with Crippen LogP contribution in [-0.4, -0.2) is 27.7 Å². The van der Waals surface area contributed by atoms with Crippen LogP contribution in [0.1, 0.15) is 51.4 Å². The molecule has 0 bridgehead atoms. The molecular formula is C49H41N7. The highest BCUT2D eigenvalue weighted by atomic mass is 15.2. The van der Waals surface area contributed by atoms with E-state index in [2.05, 4.69) is 148 Å². The highest BCUT2D eigenvalue weighted by molar-refractivity contribution is 6.13. The van der Waals surface area contributed by atoms with E-state index in [-0.39, 0.29) is 18.2 Å². The van der Waals surface area contributed by atoms with Crippen LogP contribution in [0.4, 0.5) is 0 Å². The lowest BCUT2D eigenvalue weighted by Gasteiger charge is -2.24. The van der Waals surface area contributed by atoms with Crippen molar-refractivity contribution in [2.45, 2.75) is 32.1 Å². The predicted molar refractivity (Wildman–Crippen MR) is 229 cm³/mol. The fourth-order valence-electron chi connectivity index (χ4n) is 7.37. The maximum absolute atomic E-state index is 6.25. The summed E-state index contributed by atoms with van der Waals surface area (Å²) in [6.45, 7) is 3.98. The second-order valence-corrected chi connectivity index (χ2v) is 14.3. The lowest BCUT2D eigenvalue weighted by molar-refractivity contribution is 0.674. The van der Waals surface area contributed by atoms with Crippen molar-refractivity contribution in [2.75, 3.05) is 0 Å². The van der Waals surface area contributed by atoms with Gasteiger partial charge >= 0.3 is 0 Å². The van der Waals surface area contributed by atoms with Crippen LogP contribution in [-0.2, 0) is 0 Å². The van der Waals surface area contributed by atoms with E-state index in [4.69, 9.17) is 15.7 Å². The zero-order valence-electron chi connectivity index (χ0n) is 31.3. The number of benzene rings is 5. The topological polar surface area (TPSA) is 101 Å². The van der Waals surface area contributed by atoms with Gasteiger partial charge in [0.2, 0.25) is 0 Å². The number of aromatic nitrogens is 2. The first-order valence-corrected chi connectivity index (χ1v) is 18.9. The number of aliphatic imine (C=N–C) groups is 2. The standard InChI is InChI=1S/C49H41N7/c1-31-30-32(2)53-46(52-31)39-25-27-42(28-26-39)49-55-47(40-21-13-35(14-22-40)33-9-17-37(18-10-33)43-6-5-7-44(43)50)54-48(56-49)41-23-15-36(16-24-41)34-11-19-38(20-12-34)45-8-3-4-29-51-45/h3-30,44-45,47,51H,50H2,1-2H3,(H,54,55,56)/t44-,45?,47?/m0/s1. The first kappa shape index (κ1) is 34.8. The van der Waals surface area contributed by atoms with Crippen LogP contribution >= 0.6 is 0 Å². The summed E-state index contributed by atoms with van der Waals surface area (Å²) in [5, 5.41) is 7.04. The quantitative estimate of drug-likeness (QED) is 0.145. The van der Waals surface area contributed by atoms with Gasteiger partial charge in [0.1, 0.15) is 12.0 Å². The summed E-state index contributed by atoms with van der Waals surface area (Å²) in [6.07, 6.45) is 14.0. The monoisotopic (exact) mass is 727 g/mol. The molecule has 6 aromatic rings. The highest BCUT2D eigenvalue weighted by Crippen LogP contribution is 2.30. The minimum absolute atomic E-state index is 0.0541. The van der Waals surface area contributed by atoms with E-state index in [9.17, 15) is 0 Å². The highest BCUT2D eigenvalue weighted by Gasteiger charge is 2.22. The minimum atomic E-state index is -0.343. The van der Waals surface area contributed by atoms with Crippen LogP contribution in [0.5, 0.6) is 0 Å². The Morgan fingerprint density at radius 1 is 0.536 bits per heavy atom. The molecular weight excluding hydrogens is 687 g/mol. The number of hydrogen-bond acceptors (Lipinski definition) is 7. The van der Waals surface area contributed by atoms with Crippen molar-refractivity contribution in [1.82, 2.24) is 20.6 Å². The molecule has 5 aromatic carbocycles. The average molecular weight is 728 g/mol. The Labute approximate surface area is 327 Å². The van der Waals surface area contributed by atoms with Crippen LogP contribution < -0.4 is 16.4 Å². The van der Waals surface area contributed by atoms with Crippen LogP contribution in [0.15, 0.2) is 180 Å². The van der Waals surface area contributed by atoms with Crippen molar-refractivity contribution in [1.29, 1.82) is 0 Å². The molecule has 2 unspecified atom stereocenters. The number of dihydropyridines is 1. The number of hydrogen-bond donors (Lipinski definition) is 3. The number of nitrogens with one attached hydrogen (secondary N) is 2. The Kier molecular flexibility index (Phi) is 9.35. The molecule has 0 saturated heterocycles. The first-order valence-electron chi connectivity index (χ1n) is 18.9. The molecule has 3 heterocycles. The molecule has 1 aromatic heterocycles. The lowest BCUT2D eigenvalue weighted by Crippen LogP contribution is -2.33. The van der Waals surface area contributed by atoms with E-state index >= 15 is 0 Å². The fraction of sp³-hybridized carbons (Fsp3) is 0.102. The number of aryl methyl sites for hydroxylation is 2. The second-order valence-electron chi connectivity index (χ2n) is 14.3. The number of allylic oxidation sites excluding steroid dienone is 4. The molecule has 0 saturated carbocycles. The first-order chi connectivity index (χ1) is 27.4. The van der Waals surface area contributed by atoms with Gasteiger partial charge in [-0.1, -0.05) is 152 Å². The Balaban J connectivity index is 0.998. The molecule has 0 amide bonds. The second kappa shape index (κ2) is 15.1. The molecule has 1 aliphatic carbocycles. The van der Waals surface area contributed by atoms with E-state index in [1.54, 1.807) is 0 Å². The van der Waals surface area contributed by atoms with Crippen molar-refractivity contribution >= 4 is 17.2 Å². The molecule has 3 atom stereocenters. The number of nitrogens with zero attached hydrogens (tertiary/aromatic N) is 4. The van der Waals surface area contributed by atoms with Gasteiger partial charge in [-0.3, -0.25) is 0 Å². The Morgan fingerprint density at radius 3 is 1.64 bits per heavy atom. The summed E-state index contributed by atoms with van der Waals surface area (Å²) < 4.78 is 0. The summed E-state index contributed by atoms with van der Waals surface area (Å²) >= 11 is 0. The van der Waals surface area contributed by atoms with E-state index in [1.165, 1.54) is 5.56 Å². The van der Waals surface area contributed by atoms with Crippen molar-refractivity contribution < 1.29 is 0 Å². The Bertz CT molecular complexity index is 2560. The van der Waals surface area contributed by atoms with Crippen molar-refractivity contribution in [3.8, 4) is 33.6 Å². The van der Waals surface area contributed by atoms with Gasteiger partial charge in [-0.05, 0) is 76.7 Å². The third-order valence-corrected chi connectivity index (χ3v) is 10.4. The van der Waals surface area contributed by atoms with Gasteiger partial charge in [0.15, 0.2) is 11.7 Å². The van der Waals surface area contributed by atoms with Gasteiger partial charge in [0.05, 0.1) is 6.04 Å². The number of rotatable bonds is 8. The summed E-state index contributed by atoms with van der Waals surface area (Å²) in [7, 11) is 0. The average Bonchev–Trinajstić information content (AvgIpc) is 3.69. The summed E-state index contributed by atoms with van der Waals surface area (Å²) in [5.41, 5.74) is 20.1. The lowest BCUT2D eigenvalue weighted by atomic mass is 9.97. The third kappa shape index (κ3) is 7.28. The van der Waals surface area contributed by atoms with Crippen LogP contribution in [0, 0.1) is 13.8 Å². The molecule has 0 radical (unpaired) electrons.